The van der Waals surface area contributed by atoms with Crippen LogP contribution in [0.3, 0.4) is 0 Å². The number of aromatic nitrogens is 2. The van der Waals surface area contributed by atoms with Crippen LogP contribution in [0.1, 0.15) is 29.4 Å². The molecule has 0 aromatic carbocycles. The molecule has 1 aliphatic carbocycles. The summed E-state index contributed by atoms with van der Waals surface area (Å²) in [5, 5.41) is 5.98. The van der Waals surface area contributed by atoms with E-state index in [9.17, 15) is 0 Å². The molecule has 2 aromatic heterocycles. The van der Waals surface area contributed by atoms with Crippen LogP contribution in [0.2, 0.25) is 0 Å². The van der Waals surface area contributed by atoms with Gasteiger partial charge in [-0.2, -0.15) is 4.98 Å². The summed E-state index contributed by atoms with van der Waals surface area (Å²) in [5.74, 6) is 1.32. The molecule has 0 spiro atoms. The van der Waals surface area contributed by atoms with Crippen molar-refractivity contribution in [3.05, 3.63) is 34.1 Å². The Bertz CT molecular complexity index is 464. The van der Waals surface area contributed by atoms with Crippen LogP contribution in [0, 0.1) is 0 Å². The Labute approximate surface area is 103 Å². The molecule has 1 saturated carbocycles. The van der Waals surface area contributed by atoms with E-state index in [4.69, 9.17) is 10.3 Å². The largest absolute Gasteiger partial charge is 0.337 e. The SMILES string of the molecule is Cl.NC1(c2nc(Cc3cccs3)no2)CC1. The lowest BCUT2D eigenvalue weighted by molar-refractivity contribution is 0.344. The monoisotopic (exact) mass is 257 g/mol. The molecule has 6 heteroatoms. The second-order valence-electron chi connectivity index (χ2n) is 3.93. The maximum absolute atomic E-state index is 5.96. The minimum atomic E-state index is -0.319. The molecule has 2 heterocycles. The smallest absolute Gasteiger partial charge is 0.246 e. The number of nitrogens with zero attached hydrogens (tertiary/aromatic N) is 2. The van der Waals surface area contributed by atoms with Crippen molar-refractivity contribution >= 4 is 23.7 Å². The highest BCUT2D eigenvalue weighted by Crippen LogP contribution is 2.41. The fraction of sp³-hybridized carbons (Fsp3) is 0.400. The Morgan fingerprint density at radius 1 is 1.50 bits per heavy atom. The van der Waals surface area contributed by atoms with Gasteiger partial charge >= 0.3 is 0 Å². The predicted molar refractivity (Wildman–Crippen MR) is 63.8 cm³/mol. The number of rotatable bonds is 3. The van der Waals surface area contributed by atoms with Gasteiger partial charge in [0.15, 0.2) is 5.82 Å². The van der Waals surface area contributed by atoms with Crippen LogP contribution in [-0.2, 0) is 12.0 Å². The summed E-state index contributed by atoms with van der Waals surface area (Å²) in [6, 6.07) is 4.09. The molecule has 0 atom stereocenters. The molecule has 0 amide bonds. The minimum Gasteiger partial charge on any atom is -0.337 e. The van der Waals surface area contributed by atoms with Gasteiger partial charge in [0.05, 0.1) is 5.54 Å². The highest BCUT2D eigenvalue weighted by Gasteiger charge is 2.45. The zero-order chi connectivity index (χ0) is 10.3. The Morgan fingerprint density at radius 2 is 2.31 bits per heavy atom. The molecular weight excluding hydrogens is 246 g/mol. The normalized spacial score (nSPS) is 16.8. The molecule has 2 aromatic rings. The van der Waals surface area contributed by atoms with Gasteiger partial charge in [-0.3, -0.25) is 0 Å². The molecule has 3 rings (SSSR count). The lowest BCUT2D eigenvalue weighted by atomic mass is 10.3. The molecule has 0 saturated heterocycles. The number of hydrogen-bond acceptors (Lipinski definition) is 5. The molecule has 1 aliphatic rings. The average Bonchev–Trinajstić information content (AvgIpc) is 2.75. The van der Waals surface area contributed by atoms with Crippen molar-refractivity contribution in [1.29, 1.82) is 0 Å². The summed E-state index contributed by atoms with van der Waals surface area (Å²) in [7, 11) is 0. The maximum Gasteiger partial charge on any atom is 0.246 e. The van der Waals surface area contributed by atoms with Gasteiger partial charge < -0.3 is 10.3 Å². The van der Waals surface area contributed by atoms with Crippen molar-refractivity contribution in [2.24, 2.45) is 5.73 Å². The molecule has 16 heavy (non-hydrogen) atoms. The third kappa shape index (κ3) is 2.11. The van der Waals surface area contributed by atoms with Gasteiger partial charge in [-0.1, -0.05) is 11.2 Å². The zero-order valence-corrected chi connectivity index (χ0v) is 10.2. The summed E-state index contributed by atoms with van der Waals surface area (Å²) in [4.78, 5) is 5.56. The van der Waals surface area contributed by atoms with Crippen molar-refractivity contribution in [2.45, 2.75) is 24.8 Å². The molecule has 2 N–H and O–H groups in total. The summed E-state index contributed by atoms with van der Waals surface area (Å²) in [5.41, 5.74) is 5.64. The van der Waals surface area contributed by atoms with E-state index < -0.39 is 0 Å². The molecule has 86 valence electrons. The van der Waals surface area contributed by atoms with Crippen LogP contribution in [-0.4, -0.2) is 10.1 Å². The Balaban J connectivity index is 0.000000963. The predicted octanol–water partition coefficient (Wildman–Crippen LogP) is 2.09. The van der Waals surface area contributed by atoms with Crippen LogP contribution in [0.15, 0.2) is 22.0 Å². The summed E-state index contributed by atoms with van der Waals surface area (Å²) in [6.45, 7) is 0. The van der Waals surface area contributed by atoms with Crippen LogP contribution in [0.4, 0.5) is 0 Å². The van der Waals surface area contributed by atoms with E-state index in [2.05, 4.69) is 16.2 Å². The summed E-state index contributed by atoms with van der Waals surface area (Å²) in [6.07, 6.45) is 2.64. The van der Waals surface area contributed by atoms with Crippen LogP contribution in [0.25, 0.3) is 0 Å². The Morgan fingerprint density at radius 3 is 2.94 bits per heavy atom. The Hall–Kier alpha value is -0.910. The maximum atomic E-state index is 5.96. The first-order valence-corrected chi connectivity index (χ1v) is 5.79. The van der Waals surface area contributed by atoms with Gasteiger partial charge in [-0.15, -0.1) is 23.7 Å². The molecule has 0 aliphatic heterocycles. The molecule has 0 radical (unpaired) electrons. The highest BCUT2D eigenvalue weighted by molar-refractivity contribution is 7.09. The van der Waals surface area contributed by atoms with Crippen molar-refractivity contribution in [3.8, 4) is 0 Å². The standard InChI is InChI=1S/C10H11N3OS.ClH/c11-10(3-4-10)9-12-8(13-14-9)6-7-2-1-5-15-7;/h1-2,5H,3-4,6,11H2;1H. The summed E-state index contributed by atoms with van der Waals surface area (Å²) < 4.78 is 5.16. The van der Waals surface area contributed by atoms with Gasteiger partial charge in [-0.05, 0) is 24.3 Å². The van der Waals surface area contributed by atoms with Gasteiger partial charge in [-0.25, -0.2) is 0 Å². The van der Waals surface area contributed by atoms with E-state index in [0.717, 1.165) is 25.1 Å². The van der Waals surface area contributed by atoms with Crippen LogP contribution >= 0.6 is 23.7 Å². The third-order valence-electron chi connectivity index (χ3n) is 2.60. The number of hydrogen-bond donors (Lipinski definition) is 1. The lowest BCUT2D eigenvalue weighted by Gasteiger charge is -1.97. The lowest BCUT2D eigenvalue weighted by Crippen LogP contribution is -2.19. The fourth-order valence-electron chi connectivity index (χ4n) is 1.45. The third-order valence-corrected chi connectivity index (χ3v) is 3.47. The molecule has 0 bridgehead atoms. The fourth-order valence-corrected chi connectivity index (χ4v) is 2.15. The van der Waals surface area contributed by atoms with E-state index in [1.165, 1.54) is 4.88 Å². The molecule has 0 unspecified atom stereocenters. The average molecular weight is 258 g/mol. The Kier molecular flexibility index (Phi) is 3.01. The van der Waals surface area contributed by atoms with Gasteiger partial charge in [0.1, 0.15) is 0 Å². The minimum absolute atomic E-state index is 0. The van der Waals surface area contributed by atoms with Gasteiger partial charge in [0, 0.05) is 11.3 Å². The van der Waals surface area contributed by atoms with Crippen molar-refractivity contribution in [2.75, 3.05) is 0 Å². The first-order chi connectivity index (χ1) is 7.26. The quantitative estimate of drug-likeness (QED) is 0.915. The highest BCUT2D eigenvalue weighted by atomic mass is 35.5. The number of halogens is 1. The summed E-state index contributed by atoms with van der Waals surface area (Å²) >= 11 is 1.70. The van der Waals surface area contributed by atoms with E-state index in [1.807, 2.05) is 11.4 Å². The first kappa shape index (κ1) is 11.6. The van der Waals surface area contributed by atoms with E-state index in [1.54, 1.807) is 11.3 Å². The van der Waals surface area contributed by atoms with Crippen LogP contribution in [0.5, 0.6) is 0 Å². The van der Waals surface area contributed by atoms with Crippen molar-refractivity contribution < 1.29 is 4.52 Å². The molecule has 1 fully saturated rings. The zero-order valence-electron chi connectivity index (χ0n) is 8.55. The van der Waals surface area contributed by atoms with E-state index in [-0.39, 0.29) is 17.9 Å². The molecular formula is C10H12ClN3OS. The first-order valence-electron chi connectivity index (χ1n) is 4.91. The second-order valence-corrected chi connectivity index (χ2v) is 4.96. The number of thiophene rings is 1. The topological polar surface area (TPSA) is 64.9 Å². The van der Waals surface area contributed by atoms with Gasteiger partial charge in [0.25, 0.3) is 0 Å². The van der Waals surface area contributed by atoms with Gasteiger partial charge in [0.2, 0.25) is 5.89 Å². The van der Waals surface area contributed by atoms with Crippen molar-refractivity contribution in [1.82, 2.24) is 10.1 Å². The second kappa shape index (κ2) is 4.16. The van der Waals surface area contributed by atoms with Crippen molar-refractivity contribution in [3.63, 3.8) is 0 Å². The molecule has 4 nitrogen and oxygen atoms in total. The van der Waals surface area contributed by atoms with Crippen LogP contribution < -0.4 is 5.73 Å². The number of nitrogens with two attached hydrogens (primary N) is 1. The van der Waals surface area contributed by atoms with E-state index in [0.29, 0.717) is 5.89 Å². The van der Waals surface area contributed by atoms with E-state index >= 15 is 0 Å².